The second-order valence-electron chi connectivity index (χ2n) is 3.18. The van der Waals surface area contributed by atoms with Crippen molar-refractivity contribution in [3.8, 4) is 0 Å². The summed E-state index contributed by atoms with van der Waals surface area (Å²) in [4.78, 5) is 11.3. The Morgan fingerprint density at radius 3 is 2.94 bits per heavy atom. The Bertz CT molecular complexity index is 368. The first-order valence-corrected chi connectivity index (χ1v) is 6.46. The minimum absolute atomic E-state index is 0.0250. The van der Waals surface area contributed by atoms with Crippen molar-refractivity contribution in [1.82, 2.24) is 5.32 Å². The molecule has 0 atom stereocenters. The Kier molecular flexibility index (Phi) is 6.04. The molecule has 2 nitrogen and oxygen atoms in total. The van der Waals surface area contributed by atoms with E-state index >= 15 is 0 Å². The molecule has 86 valence electrons. The summed E-state index contributed by atoms with van der Waals surface area (Å²) in [7, 11) is 0. The maximum atomic E-state index is 11.3. The van der Waals surface area contributed by atoms with Crippen LogP contribution in [0.4, 0.5) is 0 Å². The van der Waals surface area contributed by atoms with Gasteiger partial charge in [-0.1, -0.05) is 35.9 Å². The van der Waals surface area contributed by atoms with Crippen molar-refractivity contribution in [2.45, 2.75) is 5.75 Å². The van der Waals surface area contributed by atoms with Gasteiger partial charge in [-0.15, -0.1) is 18.3 Å². The van der Waals surface area contributed by atoms with Gasteiger partial charge in [0.05, 0.1) is 5.75 Å². The van der Waals surface area contributed by atoms with Crippen LogP contribution in [0.1, 0.15) is 5.56 Å². The van der Waals surface area contributed by atoms with E-state index in [9.17, 15) is 4.79 Å². The fraction of sp³-hybridized carbons (Fsp3) is 0.250. The van der Waals surface area contributed by atoms with Gasteiger partial charge in [-0.3, -0.25) is 4.79 Å². The molecule has 4 heteroatoms. The zero-order chi connectivity index (χ0) is 11.8. The molecule has 0 fully saturated rings. The summed E-state index contributed by atoms with van der Waals surface area (Å²) in [6, 6.07) is 7.67. The Labute approximate surface area is 105 Å². The van der Waals surface area contributed by atoms with Gasteiger partial charge in [0.2, 0.25) is 5.91 Å². The molecule has 0 bridgehead atoms. The van der Waals surface area contributed by atoms with Gasteiger partial charge in [0.25, 0.3) is 0 Å². The molecule has 16 heavy (non-hydrogen) atoms. The molecular formula is C12H14ClNOS. The molecule has 1 aromatic rings. The van der Waals surface area contributed by atoms with E-state index in [1.165, 1.54) is 0 Å². The Balaban J connectivity index is 2.28. The topological polar surface area (TPSA) is 29.1 Å². The first-order chi connectivity index (χ1) is 7.74. The first kappa shape index (κ1) is 13.1. The lowest BCUT2D eigenvalue weighted by Gasteiger charge is -2.04. The van der Waals surface area contributed by atoms with E-state index in [-0.39, 0.29) is 5.91 Å². The molecule has 0 aliphatic carbocycles. The number of halogens is 1. The Morgan fingerprint density at radius 2 is 2.25 bits per heavy atom. The monoisotopic (exact) mass is 255 g/mol. The fourth-order valence-electron chi connectivity index (χ4n) is 1.11. The lowest BCUT2D eigenvalue weighted by molar-refractivity contribution is -0.118. The second kappa shape index (κ2) is 7.36. The van der Waals surface area contributed by atoms with Crippen LogP contribution in [0.25, 0.3) is 0 Å². The smallest absolute Gasteiger partial charge is 0.230 e. The number of carbonyl (C=O) groups is 1. The standard InChI is InChI=1S/C12H14ClNOS/c1-2-7-14-12(15)9-16-8-10-5-3-4-6-11(10)13/h2-6H,1,7-9H2,(H,14,15). The zero-order valence-corrected chi connectivity index (χ0v) is 10.5. The molecule has 0 spiro atoms. The maximum Gasteiger partial charge on any atom is 0.230 e. The number of hydrogen-bond donors (Lipinski definition) is 1. The predicted molar refractivity (Wildman–Crippen MR) is 70.8 cm³/mol. The molecule has 0 aliphatic rings. The molecule has 1 rings (SSSR count). The third-order valence-electron chi connectivity index (χ3n) is 1.89. The van der Waals surface area contributed by atoms with Crippen LogP contribution in [-0.4, -0.2) is 18.2 Å². The molecule has 0 aliphatic heterocycles. The summed E-state index contributed by atoms with van der Waals surface area (Å²) in [6.45, 7) is 4.05. The van der Waals surface area contributed by atoms with E-state index in [1.54, 1.807) is 17.8 Å². The number of hydrogen-bond acceptors (Lipinski definition) is 2. The summed E-state index contributed by atoms with van der Waals surface area (Å²) in [5.41, 5.74) is 1.06. The number of thioether (sulfide) groups is 1. The van der Waals surface area contributed by atoms with Crippen LogP contribution >= 0.6 is 23.4 Å². The molecule has 0 saturated carbocycles. The SMILES string of the molecule is C=CCNC(=O)CSCc1ccccc1Cl. The third kappa shape index (κ3) is 4.73. The van der Waals surface area contributed by atoms with E-state index in [1.807, 2.05) is 24.3 Å². The molecule has 1 amide bonds. The third-order valence-corrected chi connectivity index (χ3v) is 3.24. The number of carbonyl (C=O) groups excluding carboxylic acids is 1. The van der Waals surface area contributed by atoms with E-state index in [0.717, 1.165) is 16.3 Å². The molecule has 0 heterocycles. The average Bonchev–Trinajstić information content (AvgIpc) is 2.29. The highest BCUT2D eigenvalue weighted by Gasteiger charge is 2.02. The Morgan fingerprint density at radius 1 is 1.50 bits per heavy atom. The van der Waals surface area contributed by atoms with E-state index in [2.05, 4.69) is 11.9 Å². The summed E-state index contributed by atoms with van der Waals surface area (Å²) < 4.78 is 0. The van der Waals surface area contributed by atoms with Gasteiger partial charge < -0.3 is 5.32 Å². The van der Waals surface area contributed by atoms with Gasteiger partial charge in [-0.25, -0.2) is 0 Å². The van der Waals surface area contributed by atoms with Crippen LogP contribution in [0, 0.1) is 0 Å². The van der Waals surface area contributed by atoms with Crippen molar-refractivity contribution < 1.29 is 4.79 Å². The van der Waals surface area contributed by atoms with Crippen LogP contribution in [0.3, 0.4) is 0 Å². The van der Waals surface area contributed by atoms with Crippen molar-refractivity contribution in [3.05, 3.63) is 47.5 Å². The second-order valence-corrected chi connectivity index (χ2v) is 4.57. The summed E-state index contributed by atoms with van der Waals surface area (Å²) in [5, 5.41) is 3.47. The van der Waals surface area contributed by atoms with Gasteiger partial charge >= 0.3 is 0 Å². The molecule has 1 N–H and O–H groups in total. The van der Waals surface area contributed by atoms with Crippen LogP contribution in [-0.2, 0) is 10.5 Å². The minimum Gasteiger partial charge on any atom is -0.352 e. The minimum atomic E-state index is 0.0250. The number of amides is 1. The normalized spacial score (nSPS) is 9.81. The summed E-state index contributed by atoms with van der Waals surface area (Å²) >= 11 is 7.54. The quantitative estimate of drug-likeness (QED) is 0.792. The van der Waals surface area contributed by atoms with E-state index in [0.29, 0.717) is 12.3 Å². The van der Waals surface area contributed by atoms with Crippen molar-refractivity contribution in [2.24, 2.45) is 0 Å². The lowest BCUT2D eigenvalue weighted by Crippen LogP contribution is -2.24. The number of benzene rings is 1. The highest BCUT2D eigenvalue weighted by Crippen LogP contribution is 2.20. The maximum absolute atomic E-state index is 11.3. The lowest BCUT2D eigenvalue weighted by atomic mass is 10.2. The van der Waals surface area contributed by atoms with Gasteiger partial charge in [-0.2, -0.15) is 0 Å². The van der Waals surface area contributed by atoms with Crippen molar-refractivity contribution in [3.63, 3.8) is 0 Å². The molecule has 0 radical (unpaired) electrons. The first-order valence-electron chi connectivity index (χ1n) is 4.92. The van der Waals surface area contributed by atoms with E-state index < -0.39 is 0 Å². The van der Waals surface area contributed by atoms with Crippen molar-refractivity contribution in [2.75, 3.05) is 12.3 Å². The van der Waals surface area contributed by atoms with Crippen molar-refractivity contribution >= 4 is 29.3 Å². The molecule has 0 unspecified atom stereocenters. The van der Waals surface area contributed by atoms with Gasteiger partial charge in [0, 0.05) is 17.3 Å². The van der Waals surface area contributed by atoms with Crippen LogP contribution in [0.2, 0.25) is 5.02 Å². The average molecular weight is 256 g/mol. The largest absolute Gasteiger partial charge is 0.352 e. The summed E-state index contributed by atoms with van der Waals surface area (Å²) in [5.74, 6) is 1.22. The van der Waals surface area contributed by atoms with E-state index in [4.69, 9.17) is 11.6 Å². The predicted octanol–water partition coefficient (Wildman–Crippen LogP) is 2.88. The highest BCUT2D eigenvalue weighted by atomic mass is 35.5. The summed E-state index contributed by atoms with van der Waals surface area (Å²) in [6.07, 6.45) is 1.66. The molecule has 0 saturated heterocycles. The van der Waals surface area contributed by atoms with Crippen LogP contribution in [0.15, 0.2) is 36.9 Å². The fourth-order valence-corrected chi connectivity index (χ4v) is 2.25. The van der Waals surface area contributed by atoms with Crippen LogP contribution < -0.4 is 5.32 Å². The molecule has 1 aromatic carbocycles. The Hall–Kier alpha value is -0.930. The van der Waals surface area contributed by atoms with Crippen LogP contribution in [0.5, 0.6) is 0 Å². The number of nitrogens with one attached hydrogen (secondary N) is 1. The number of rotatable bonds is 6. The molecular weight excluding hydrogens is 242 g/mol. The van der Waals surface area contributed by atoms with Gasteiger partial charge in [-0.05, 0) is 11.6 Å². The highest BCUT2D eigenvalue weighted by molar-refractivity contribution is 7.99. The zero-order valence-electron chi connectivity index (χ0n) is 8.91. The van der Waals surface area contributed by atoms with Gasteiger partial charge in [0.15, 0.2) is 0 Å². The molecule has 0 aromatic heterocycles. The van der Waals surface area contributed by atoms with Gasteiger partial charge in [0.1, 0.15) is 0 Å². The van der Waals surface area contributed by atoms with Crippen molar-refractivity contribution in [1.29, 1.82) is 0 Å².